The molecule has 90 valence electrons. The largest absolute Gasteiger partial charge is 0.331 e. The van der Waals surface area contributed by atoms with Gasteiger partial charge in [-0.05, 0) is 6.42 Å². The van der Waals surface area contributed by atoms with E-state index in [1.165, 1.54) is 17.7 Å². The summed E-state index contributed by atoms with van der Waals surface area (Å²) < 4.78 is 2.52. The molecule has 0 spiro atoms. The van der Waals surface area contributed by atoms with Crippen molar-refractivity contribution in [2.75, 3.05) is 0 Å². The van der Waals surface area contributed by atoms with E-state index in [2.05, 4.69) is 6.92 Å². The Hall–Kier alpha value is -1.03. The SMILES string of the molecule is CCCCCCn1c(Cl)cc(=O)n(C)c1=O. The Kier molecular flexibility index (Phi) is 4.80. The zero-order chi connectivity index (χ0) is 12.1. The van der Waals surface area contributed by atoms with E-state index < -0.39 is 0 Å². The number of hydrogen-bond acceptors (Lipinski definition) is 2. The van der Waals surface area contributed by atoms with Crippen LogP contribution in [0.3, 0.4) is 0 Å². The van der Waals surface area contributed by atoms with Crippen LogP contribution in [-0.2, 0) is 13.6 Å². The molecule has 0 atom stereocenters. The first-order valence-corrected chi connectivity index (χ1v) is 5.92. The van der Waals surface area contributed by atoms with E-state index in [1.807, 2.05) is 0 Å². The summed E-state index contributed by atoms with van der Waals surface area (Å²) >= 11 is 5.87. The Bertz CT molecular complexity index is 462. The predicted octanol–water partition coefficient (Wildman–Crippen LogP) is 1.78. The number of aromatic nitrogens is 2. The molecule has 0 aliphatic heterocycles. The number of hydrogen-bond donors (Lipinski definition) is 0. The maximum atomic E-state index is 11.7. The molecule has 5 heteroatoms. The summed E-state index contributed by atoms with van der Waals surface area (Å²) in [6.45, 7) is 2.71. The van der Waals surface area contributed by atoms with E-state index in [4.69, 9.17) is 11.6 Å². The fourth-order valence-electron chi connectivity index (χ4n) is 1.54. The first-order chi connectivity index (χ1) is 7.57. The van der Waals surface area contributed by atoms with Crippen LogP contribution in [0.25, 0.3) is 0 Å². The van der Waals surface area contributed by atoms with Crippen molar-refractivity contribution >= 4 is 11.6 Å². The van der Waals surface area contributed by atoms with Crippen LogP contribution in [0.5, 0.6) is 0 Å². The topological polar surface area (TPSA) is 44.0 Å². The molecule has 0 saturated heterocycles. The van der Waals surface area contributed by atoms with Gasteiger partial charge >= 0.3 is 5.69 Å². The third-order valence-electron chi connectivity index (χ3n) is 2.58. The quantitative estimate of drug-likeness (QED) is 0.585. The van der Waals surface area contributed by atoms with Crippen molar-refractivity contribution in [3.8, 4) is 0 Å². The van der Waals surface area contributed by atoms with Crippen LogP contribution in [0.2, 0.25) is 5.15 Å². The Morgan fingerprint density at radius 1 is 1.25 bits per heavy atom. The van der Waals surface area contributed by atoms with Crippen molar-refractivity contribution in [2.24, 2.45) is 7.05 Å². The van der Waals surface area contributed by atoms with E-state index in [0.29, 0.717) is 6.54 Å². The third-order valence-corrected chi connectivity index (χ3v) is 2.90. The summed E-state index contributed by atoms with van der Waals surface area (Å²) in [5.41, 5.74) is -0.700. The standard InChI is InChI=1S/C11H17ClN2O2/c1-3-4-5-6-7-14-9(12)8-10(15)13(2)11(14)16/h8H,3-7H2,1-2H3. The van der Waals surface area contributed by atoms with Crippen LogP contribution in [-0.4, -0.2) is 9.13 Å². The van der Waals surface area contributed by atoms with Crippen molar-refractivity contribution in [2.45, 2.75) is 39.2 Å². The molecule has 1 rings (SSSR count). The van der Waals surface area contributed by atoms with E-state index in [9.17, 15) is 9.59 Å². The van der Waals surface area contributed by atoms with E-state index in [-0.39, 0.29) is 16.4 Å². The average molecular weight is 245 g/mol. The second-order valence-electron chi connectivity index (χ2n) is 3.86. The van der Waals surface area contributed by atoms with E-state index >= 15 is 0 Å². The van der Waals surface area contributed by atoms with Crippen molar-refractivity contribution in [3.05, 3.63) is 32.1 Å². The van der Waals surface area contributed by atoms with Crippen LogP contribution in [0.4, 0.5) is 0 Å². The maximum absolute atomic E-state index is 11.7. The number of nitrogens with zero attached hydrogens (tertiary/aromatic N) is 2. The van der Waals surface area contributed by atoms with Gasteiger partial charge in [0, 0.05) is 19.7 Å². The second kappa shape index (κ2) is 5.89. The Morgan fingerprint density at radius 2 is 1.94 bits per heavy atom. The smallest absolute Gasteiger partial charge is 0.284 e. The summed E-state index contributed by atoms with van der Waals surface area (Å²) in [6.07, 6.45) is 4.28. The minimum atomic E-state index is -0.361. The van der Waals surface area contributed by atoms with Gasteiger partial charge in [-0.2, -0.15) is 0 Å². The first-order valence-electron chi connectivity index (χ1n) is 5.54. The zero-order valence-corrected chi connectivity index (χ0v) is 10.5. The van der Waals surface area contributed by atoms with Crippen molar-refractivity contribution in [1.29, 1.82) is 0 Å². The van der Waals surface area contributed by atoms with Gasteiger partial charge in [-0.3, -0.25) is 13.9 Å². The molecule has 1 aromatic rings. The Morgan fingerprint density at radius 3 is 2.56 bits per heavy atom. The Balaban J connectivity index is 2.84. The molecule has 0 aromatic carbocycles. The fraction of sp³-hybridized carbons (Fsp3) is 0.636. The van der Waals surface area contributed by atoms with Crippen LogP contribution in [0.1, 0.15) is 32.6 Å². The molecular weight excluding hydrogens is 228 g/mol. The van der Waals surface area contributed by atoms with Gasteiger partial charge in [-0.1, -0.05) is 37.8 Å². The van der Waals surface area contributed by atoms with Gasteiger partial charge in [0.2, 0.25) is 0 Å². The fourth-order valence-corrected chi connectivity index (χ4v) is 1.79. The second-order valence-corrected chi connectivity index (χ2v) is 4.25. The minimum Gasteiger partial charge on any atom is -0.284 e. The molecule has 1 heterocycles. The highest BCUT2D eigenvalue weighted by atomic mass is 35.5. The molecule has 0 amide bonds. The van der Waals surface area contributed by atoms with Crippen LogP contribution < -0.4 is 11.2 Å². The van der Waals surface area contributed by atoms with Gasteiger partial charge < -0.3 is 0 Å². The molecule has 1 aromatic heterocycles. The first kappa shape index (κ1) is 13.0. The van der Waals surface area contributed by atoms with Crippen LogP contribution >= 0.6 is 11.6 Å². The van der Waals surface area contributed by atoms with Gasteiger partial charge in [0.15, 0.2) is 0 Å². The maximum Gasteiger partial charge on any atom is 0.331 e. The van der Waals surface area contributed by atoms with Gasteiger partial charge in [-0.15, -0.1) is 0 Å². The lowest BCUT2D eigenvalue weighted by Crippen LogP contribution is -2.37. The Labute approximate surface area is 99.5 Å². The van der Waals surface area contributed by atoms with Crippen molar-refractivity contribution < 1.29 is 0 Å². The molecule has 0 fully saturated rings. The lowest BCUT2D eigenvalue weighted by Gasteiger charge is -2.09. The van der Waals surface area contributed by atoms with E-state index in [1.54, 1.807) is 0 Å². The molecule has 0 saturated carbocycles. The number of rotatable bonds is 5. The molecule has 0 aliphatic carbocycles. The molecule has 0 bridgehead atoms. The highest BCUT2D eigenvalue weighted by Gasteiger charge is 2.06. The lowest BCUT2D eigenvalue weighted by atomic mass is 10.2. The van der Waals surface area contributed by atoms with Gasteiger partial charge in [0.1, 0.15) is 5.15 Å². The van der Waals surface area contributed by atoms with Gasteiger partial charge in [0.05, 0.1) is 0 Å². The van der Waals surface area contributed by atoms with E-state index in [0.717, 1.165) is 30.3 Å². The molecule has 0 aliphatic rings. The van der Waals surface area contributed by atoms with Crippen molar-refractivity contribution in [3.63, 3.8) is 0 Å². The summed E-state index contributed by atoms with van der Waals surface area (Å²) in [5, 5.41) is 0.226. The molecule has 4 nitrogen and oxygen atoms in total. The summed E-state index contributed by atoms with van der Waals surface area (Å²) in [4.78, 5) is 23.0. The number of unbranched alkanes of at least 4 members (excludes halogenated alkanes) is 3. The normalized spacial score (nSPS) is 10.7. The number of halogens is 1. The predicted molar refractivity (Wildman–Crippen MR) is 65.1 cm³/mol. The minimum absolute atomic E-state index is 0.226. The zero-order valence-electron chi connectivity index (χ0n) is 9.70. The van der Waals surface area contributed by atoms with Gasteiger partial charge in [-0.25, -0.2) is 4.79 Å². The lowest BCUT2D eigenvalue weighted by molar-refractivity contribution is 0.541. The molecule has 0 N–H and O–H groups in total. The monoisotopic (exact) mass is 244 g/mol. The highest BCUT2D eigenvalue weighted by molar-refractivity contribution is 6.29. The third kappa shape index (κ3) is 2.98. The molecule has 0 radical (unpaired) electrons. The summed E-state index contributed by atoms with van der Waals surface area (Å²) in [6, 6.07) is 1.28. The highest BCUT2D eigenvalue weighted by Crippen LogP contribution is 2.05. The molecular formula is C11H17ClN2O2. The van der Waals surface area contributed by atoms with Gasteiger partial charge in [0.25, 0.3) is 5.56 Å². The van der Waals surface area contributed by atoms with Crippen LogP contribution in [0, 0.1) is 0 Å². The average Bonchev–Trinajstić information content (AvgIpc) is 2.25. The summed E-state index contributed by atoms with van der Waals surface area (Å²) in [5.74, 6) is 0. The van der Waals surface area contributed by atoms with Crippen molar-refractivity contribution in [1.82, 2.24) is 9.13 Å². The molecule has 16 heavy (non-hydrogen) atoms. The summed E-state index contributed by atoms with van der Waals surface area (Å²) in [7, 11) is 1.46. The molecule has 0 unspecified atom stereocenters. The van der Waals surface area contributed by atoms with Crippen LogP contribution in [0.15, 0.2) is 15.7 Å².